The fourth-order valence-corrected chi connectivity index (χ4v) is 1.99. The maximum absolute atomic E-state index is 12.1. The predicted octanol–water partition coefficient (Wildman–Crippen LogP) is 2.28. The van der Waals surface area contributed by atoms with Crippen LogP contribution in [0.3, 0.4) is 0 Å². The quantitative estimate of drug-likeness (QED) is 0.626. The van der Waals surface area contributed by atoms with Gasteiger partial charge in [0.25, 0.3) is 5.91 Å². The van der Waals surface area contributed by atoms with Crippen molar-refractivity contribution in [1.29, 1.82) is 0 Å². The number of benzene rings is 1. The lowest BCUT2D eigenvalue weighted by molar-refractivity contribution is -0.137. The fraction of sp³-hybridized carbons (Fsp3) is 0.235. The third-order valence-electron chi connectivity index (χ3n) is 3.14. The maximum Gasteiger partial charge on any atom is 0.332 e. The lowest BCUT2D eigenvalue weighted by atomic mass is 10.1. The number of aromatic amines is 1. The van der Waals surface area contributed by atoms with Crippen LogP contribution in [0, 0.1) is 0 Å². The minimum atomic E-state index is -0.501. The number of carbonyl (C=O) groups excluding carboxylic acids is 2. The number of hydrogen-bond donors (Lipinski definition) is 2. The van der Waals surface area contributed by atoms with Crippen molar-refractivity contribution in [3.05, 3.63) is 47.8 Å². The highest BCUT2D eigenvalue weighted by Crippen LogP contribution is 2.21. The van der Waals surface area contributed by atoms with E-state index in [4.69, 9.17) is 9.47 Å². The first kappa shape index (κ1) is 17.3. The summed E-state index contributed by atoms with van der Waals surface area (Å²) >= 11 is 0. The van der Waals surface area contributed by atoms with Crippen molar-refractivity contribution in [2.24, 2.45) is 0 Å². The van der Waals surface area contributed by atoms with E-state index >= 15 is 0 Å². The lowest BCUT2D eigenvalue weighted by Gasteiger charge is -2.03. The Labute approximate surface area is 139 Å². The number of amides is 1. The van der Waals surface area contributed by atoms with Gasteiger partial charge in [0, 0.05) is 17.3 Å². The monoisotopic (exact) mass is 329 g/mol. The number of rotatable bonds is 6. The number of ether oxygens (including phenoxy) is 2. The van der Waals surface area contributed by atoms with Crippen LogP contribution in [0.15, 0.2) is 42.1 Å². The molecule has 7 nitrogen and oxygen atoms in total. The molecule has 0 bridgehead atoms. The van der Waals surface area contributed by atoms with Gasteiger partial charge in [-0.3, -0.25) is 9.89 Å². The molecule has 1 amide bonds. The molecule has 24 heavy (non-hydrogen) atoms. The van der Waals surface area contributed by atoms with Crippen LogP contribution in [0.4, 0.5) is 0 Å². The Balaban J connectivity index is 2.06. The molecule has 0 radical (unpaired) electrons. The number of nitrogens with one attached hydrogen (secondary N) is 2. The molecule has 126 valence electrons. The number of H-pyrrole nitrogens is 1. The van der Waals surface area contributed by atoms with Gasteiger partial charge in [-0.15, -0.1) is 0 Å². The second kappa shape index (κ2) is 7.96. The molecule has 0 saturated carbocycles. The molecule has 0 saturated heterocycles. The Morgan fingerprint density at radius 1 is 1.29 bits per heavy atom. The van der Waals surface area contributed by atoms with Gasteiger partial charge in [-0.25, -0.2) is 4.79 Å². The zero-order valence-electron chi connectivity index (χ0n) is 13.8. The topological polar surface area (TPSA) is 93.3 Å². The fourth-order valence-electron chi connectivity index (χ4n) is 1.99. The van der Waals surface area contributed by atoms with Crippen LogP contribution in [0.2, 0.25) is 0 Å². The lowest BCUT2D eigenvalue weighted by Crippen LogP contribution is -2.22. The Morgan fingerprint density at radius 2 is 2.00 bits per heavy atom. The van der Waals surface area contributed by atoms with Crippen molar-refractivity contribution in [3.8, 4) is 17.0 Å². The predicted molar refractivity (Wildman–Crippen MR) is 88.4 cm³/mol. The van der Waals surface area contributed by atoms with E-state index in [0.717, 1.165) is 11.3 Å². The molecule has 2 aromatic rings. The summed E-state index contributed by atoms with van der Waals surface area (Å²) in [5.74, 6) is -0.147. The van der Waals surface area contributed by atoms with E-state index in [0.29, 0.717) is 11.4 Å². The van der Waals surface area contributed by atoms with Crippen molar-refractivity contribution >= 4 is 11.9 Å². The number of aromatic nitrogens is 2. The van der Waals surface area contributed by atoms with Crippen molar-refractivity contribution in [1.82, 2.24) is 15.5 Å². The van der Waals surface area contributed by atoms with E-state index in [1.807, 2.05) is 24.3 Å². The number of esters is 1. The zero-order valence-corrected chi connectivity index (χ0v) is 13.8. The van der Waals surface area contributed by atoms with E-state index in [1.54, 1.807) is 27.0 Å². The number of methoxy groups -OCH3 is 1. The van der Waals surface area contributed by atoms with Gasteiger partial charge in [-0.1, -0.05) is 0 Å². The van der Waals surface area contributed by atoms with Crippen molar-refractivity contribution in [2.45, 2.75) is 13.8 Å². The molecule has 0 atom stereocenters. The van der Waals surface area contributed by atoms with Gasteiger partial charge < -0.3 is 14.8 Å². The van der Waals surface area contributed by atoms with Gasteiger partial charge in [0.05, 0.1) is 19.4 Å². The first-order chi connectivity index (χ1) is 11.5. The van der Waals surface area contributed by atoms with Gasteiger partial charge in [-0.2, -0.15) is 5.10 Å². The highest BCUT2D eigenvalue weighted by atomic mass is 16.5. The number of allylic oxidation sites excluding steroid dienone is 1. The summed E-state index contributed by atoms with van der Waals surface area (Å²) < 4.78 is 9.89. The molecule has 1 heterocycles. The van der Waals surface area contributed by atoms with E-state index in [2.05, 4.69) is 15.5 Å². The summed E-state index contributed by atoms with van der Waals surface area (Å²) in [6, 6.07) is 8.96. The summed E-state index contributed by atoms with van der Waals surface area (Å²) in [7, 11) is 1.60. The molecule has 2 rings (SSSR count). The second-order valence-electron chi connectivity index (χ2n) is 4.93. The van der Waals surface area contributed by atoms with Crippen LogP contribution < -0.4 is 10.1 Å². The van der Waals surface area contributed by atoms with Crippen LogP contribution in [0.25, 0.3) is 11.3 Å². The number of carbonyl (C=O) groups is 2. The molecule has 0 aliphatic rings. The van der Waals surface area contributed by atoms with Gasteiger partial charge >= 0.3 is 5.97 Å². The molecule has 0 spiro atoms. The summed E-state index contributed by atoms with van der Waals surface area (Å²) in [5, 5.41) is 9.40. The molecular weight excluding hydrogens is 310 g/mol. The Kier molecular flexibility index (Phi) is 5.73. The van der Waals surface area contributed by atoms with Crippen LogP contribution in [-0.2, 0) is 9.53 Å². The summed E-state index contributed by atoms with van der Waals surface area (Å²) in [4.78, 5) is 23.5. The average Bonchev–Trinajstić information content (AvgIpc) is 3.05. The van der Waals surface area contributed by atoms with Gasteiger partial charge in [0.2, 0.25) is 0 Å². The van der Waals surface area contributed by atoms with Gasteiger partial charge in [-0.05, 0) is 44.2 Å². The first-order valence-electron chi connectivity index (χ1n) is 7.39. The van der Waals surface area contributed by atoms with Gasteiger partial charge in [0.1, 0.15) is 11.4 Å². The third-order valence-corrected chi connectivity index (χ3v) is 3.14. The van der Waals surface area contributed by atoms with Crippen LogP contribution in [0.1, 0.15) is 24.3 Å². The molecule has 7 heteroatoms. The van der Waals surface area contributed by atoms with E-state index in [9.17, 15) is 9.59 Å². The van der Waals surface area contributed by atoms with E-state index in [1.165, 1.54) is 6.08 Å². The van der Waals surface area contributed by atoms with Crippen LogP contribution >= 0.6 is 0 Å². The standard InChI is InChI=1S/C17H19N3O4/c1-4-24-16(21)9-11(2)18-17(22)15-10-14(19-20-15)12-5-7-13(23-3)8-6-12/h5-10H,4H2,1-3H3,(H,18,22)(H,19,20)/b11-9+. The summed E-state index contributed by atoms with van der Waals surface area (Å²) in [6.45, 7) is 3.60. The highest BCUT2D eigenvalue weighted by molar-refractivity contribution is 5.95. The second-order valence-corrected chi connectivity index (χ2v) is 4.93. The van der Waals surface area contributed by atoms with E-state index in [-0.39, 0.29) is 18.2 Å². The van der Waals surface area contributed by atoms with Crippen molar-refractivity contribution in [3.63, 3.8) is 0 Å². The molecular formula is C17H19N3O4. The molecule has 1 aromatic carbocycles. The zero-order chi connectivity index (χ0) is 17.5. The molecule has 0 unspecified atom stereocenters. The molecule has 0 aliphatic heterocycles. The summed E-state index contributed by atoms with van der Waals surface area (Å²) in [5.41, 5.74) is 2.16. The average molecular weight is 329 g/mol. The Bertz CT molecular complexity index is 747. The smallest absolute Gasteiger partial charge is 0.332 e. The number of nitrogens with zero attached hydrogens (tertiary/aromatic N) is 1. The first-order valence-corrected chi connectivity index (χ1v) is 7.39. The minimum absolute atomic E-state index is 0.280. The molecule has 2 N–H and O–H groups in total. The van der Waals surface area contributed by atoms with Crippen molar-refractivity contribution < 1.29 is 19.1 Å². The SMILES string of the molecule is CCOC(=O)/C=C(\C)NC(=O)c1cc(-c2ccc(OC)cc2)n[nH]1. The molecule has 1 aromatic heterocycles. The Morgan fingerprint density at radius 3 is 2.62 bits per heavy atom. The largest absolute Gasteiger partial charge is 0.497 e. The van der Waals surface area contributed by atoms with Crippen LogP contribution in [-0.4, -0.2) is 35.8 Å². The van der Waals surface area contributed by atoms with E-state index < -0.39 is 5.97 Å². The summed E-state index contributed by atoms with van der Waals surface area (Å²) in [6.07, 6.45) is 1.22. The third kappa shape index (κ3) is 4.45. The van der Waals surface area contributed by atoms with Crippen LogP contribution in [0.5, 0.6) is 5.75 Å². The molecule has 0 fully saturated rings. The Hall–Kier alpha value is -3.09. The highest BCUT2D eigenvalue weighted by Gasteiger charge is 2.12. The maximum atomic E-state index is 12.1. The number of hydrogen-bond acceptors (Lipinski definition) is 5. The van der Waals surface area contributed by atoms with Crippen molar-refractivity contribution in [2.75, 3.05) is 13.7 Å². The van der Waals surface area contributed by atoms with Gasteiger partial charge in [0.15, 0.2) is 0 Å². The molecule has 0 aliphatic carbocycles. The normalized spacial score (nSPS) is 11.0. The minimum Gasteiger partial charge on any atom is -0.497 e.